The van der Waals surface area contributed by atoms with E-state index in [0.29, 0.717) is 12.8 Å². The van der Waals surface area contributed by atoms with Crippen molar-refractivity contribution < 1.29 is 29.0 Å². The van der Waals surface area contributed by atoms with Crippen LogP contribution in [0.15, 0.2) is 18.2 Å². The smallest absolute Gasteiger partial charge is 0.335 e. The second-order valence-electron chi connectivity index (χ2n) is 4.41. The Kier molecular flexibility index (Phi) is 6.39. The van der Waals surface area contributed by atoms with Gasteiger partial charge in [-0.05, 0) is 31.0 Å². The monoisotopic (exact) mass is 294 g/mol. The fourth-order valence-corrected chi connectivity index (χ4v) is 1.56. The predicted octanol–water partition coefficient (Wildman–Crippen LogP) is 2.80. The summed E-state index contributed by atoms with van der Waals surface area (Å²) in [6.45, 7) is 3.65. The number of aromatic carboxylic acids is 1. The van der Waals surface area contributed by atoms with Crippen molar-refractivity contribution in [3.63, 3.8) is 0 Å². The molecule has 0 radical (unpaired) electrons. The van der Waals surface area contributed by atoms with Crippen molar-refractivity contribution in [2.75, 3.05) is 0 Å². The van der Waals surface area contributed by atoms with Gasteiger partial charge in [-0.2, -0.15) is 0 Å². The Hall–Kier alpha value is -2.37. The summed E-state index contributed by atoms with van der Waals surface area (Å²) in [5.74, 6) is -2.14. The van der Waals surface area contributed by atoms with Crippen molar-refractivity contribution in [1.29, 1.82) is 0 Å². The van der Waals surface area contributed by atoms with Crippen molar-refractivity contribution >= 4 is 17.9 Å². The average Bonchev–Trinajstić information content (AvgIpc) is 2.41. The molecule has 0 aliphatic heterocycles. The Bertz CT molecular complexity index is 535. The highest BCUT2D eigenvalue weighted by molar-refractivity contribution is 5.89. The first-order chi connectivity index (χ1) is 9.97. The van der Waals surface area contributed by atoms with Crippen LogP contribution in [0.4, 0.5) is 0 Å². The van der Waals surface area contributed by atoms with Gasteiger partial charge in [-0.1, -0.05) is 13.8 Å². The van der Waals surface area contributed by atoms with Crippen LogP contribution in [-0.2, 0) is 9.59 Å². The fourth-order valence-electron chi connectivity index (χ4n) is 1.56. The zero-order valence-electron chi connectivity index (χ0n) is 12.0. The van der Waals surface area contributed by atoms with E-state index in [4.69, 9.17) is 14.6 Å². The molecule has 0 spiro atoms. The molecule has 114 valence electrons. The van der Waals surface area contributed by atoms with E-state index in [2.05, 4.69) is 0 Å². The van der Waals surface area contributed by atoms with Crippen molar-refractivity contribution in [2.45, 2.75) is 39.5 Å². The van der Waals surface area contributed by atoms with Gasteiger partial charge in [0.05, 0.1) is 5.56 Å². The molecule has 0 fully saturated rings. The molecule has 0 atom stereocenters. The summed E-state index contributed by atoms with van der Waals surface area (Å²) < 4.78 is 10.2. The zero-order valence-corrected chi connectivity index (χ0v) is 12.0. The number of carbonyl (C=O) groups is 3. The summed E-state index contributed by atoms with van der Waals surface area (Å²) in [6, 6.07) is 3.77. The number of hydrogen-bond acceptors (Lipinski definition) is 5. The number of ether oxygens (including phenoxy) is 2. The van der Waals surface area contributed by atoms with Gasteiger partial charge >= 0.3 is 17.9 Å². The number of benzene rings is 1. The maximum absolute atomic E-state index is 11.5. The van der Waals surface area contributed by atoms with E-state index < -0.39 is 17.9 Å². The van der Waals surface area contributed by atoms with E-state index in [9.17, 15) is 14.4 Å². The minimum absolute atomic E-state index is 0.0444. The average molecular weight is 294 g/mol. The van der Waals surface area contributed by atoms with Gasteiger partial charge in [0.1, 0.15) is 0 Å². The van der Waals surface area contributed by atoms with Crippen LogP contribution in [0, 0.1) is 0 Å². The Morgan fingerprint density at radius 2 is 1.48 bits per heavy atom. The molecule has 1 aromatic rings. The summed E-state index contributed by atoms with van der Waals surface area (Å²) in [7, 11) is 0. The molecular weight excluding hydrogens is 276 g/mol. The maximum Gasteiger partial charge on any atom is 0.335 e. The molecule has 6 heteroatoms. The molecule has 21 heavy (non-hydrogen) atoms. The van der Waals surface area contributed by atoms with Gasteiger partial charge in [0, 0.05) is 12.8 Å². The third-order valence-electron chi connectivity index (χ3n) is 2.55. The van der Waals surface area contributed by atoms with Gasteiger partial charge in [-0.3, -0.25) is 9.59 Å². The summed E-state index contributed by atoms with van der Waals surface area (Å²) >= 11 is 0. The first-order valence-corrected chi connectivity index (χ1v) is 6.76. The summed E-state index contributed by atoms with van der Waals surface area (Å²) in [5, 5.41) is 8.96. The second kappa shape index (κ2) is 8.04. The van der Waals surface area contributed by atoms with Crippen LogP contribution >= 0.6 is 0 Å². The third-order valence-corrected chi connectivity index (χ3v) is 2.55. The number of carboxylic acids is 1. The normalized spacial score (nSPS) is 10.0. The molecule has 0 amide bonds. The highest BCUT2D eigenvalue weighted by Gasteiger charge is 2.16. The predicted molar refractivity (Wildman–Crippen MR) is 74.5 cm³/mol. The van der Waals surface area contributed by atoms with Crippen LogP contribution in [0.5, 0.6) is 11.5 Å². The number of carbonyl (C=O) groups excluding carboxylic acids is 2. The van der Waals surface area contributed by atoms with E-state index in [1.165, 1.54) is 18.2 Å². The minimum Gasteiger partial charge on any atom is -0.478 e. The molecule has 1 rings (SSSR count). The lowest BCUT2D eigenvalue weighted by Crippen LogP contribution is -2.12. The van der Waals surface area contributed by atoms with Crippen molar-refractivity contribution in [2.24, 2.45) is 0 Å². The Labute approximate surface area is 122 Å². The Morgan fingerprint density at radius 3 is 1.95 bits per heavy atom. The van der Waals surface area contributed by atoms with Crippen molar-refractivity contribution in [1.82, 2.24) is 0 Å². The van der Waals surface area contributed by atoms with Gasteiger partial charge in [0.2, 0.25) is 0 Å². The Balaban J connectivity index is 3.01. The maximum atomic E-state index is 11.5. The van der Waals surface area contributed by atoms with Gasteiger partial charge in [0.25, 0.3) is 0 Å². The lowest BCUT2D eigenvalue weighted by molar-refractivity contribution is -0.137. The second-order valence-corrected chi connectivity index (χ2v) is 4.41. The summed E-state index contributed by atoms with van der Waals surface area (Å²) in [4.78, 5) is 34.0. The van der Waals surface area contributed by atoms with Crippen LogP contribution in [0.3, 0.4) is 0 Å². The number of rotatable bonds is 7. The van der Waals surface area contributed by atoms with Gasteiger partial charge in [-0.15, -0.1) is 0 Å². The first-order valence-electron chi connectivity index (χ1n) is 6.76. The number of carboxylic acid groups (broad SMARTS) is 1. The molecule has 0 aliphatic rings. The first kappa shape index (κ1) is 16.7. The number of hydrogen-bond donors (Lipinski definition) is 1. The highest BCUT2D eigenvalue weighted by Crippen LogP contribution is 2.29. The molecular formula is C15H18O6. The zero-order chi connectivity index (χ0) is 15.8. The standard InChI is InChI=1S/C15H18O6/c1-3-5-13(16)20-11-8-7-10(15(18)19)9-12(11)21-14(17)6-4-2/h7-9H,3-6H2,1-2H3,(H,18,19). The van der Waals surface area contributed by atoms with Crippen LogP contribution in [0.2, 0.25) is 0 Å². The fraction of sp³-hybridized carbons (Fsp3) is 0.400. The molecule has 1 N–H and O–H groups in total. The summed E-state index contributed by atoms with van der Waals surface area (Å²) in [6.07, 6.45) is 1.64. The topological polar surface area (TPSA) is 89.9 Å². The molecule has 0 unspecified atom stereocenters. The van der Waals surface area contributed by atoms with Crippen LogP contribution in [-0.4, -0.2) is 23.0 Å². The lowest BCUT2D eigenvalue weighted by atomic mass is 10.2. The Morgan fingerprint density at radius 1 is 0.952 bits per heavy atom. The largest absolute Gasteiger partial charge is 0.478 e. The van der Waals surface area contributed by atoms with Gasteiger partial charge < -0.3 is 14.6 Å². The van der Waals surface area contributed by atoms with E-state index >= 15 is 0 Å². The summed E-state index contributed by atoms with van der Waals surface area (Å²) in [5.41, 5.74) is -0.0513. The molecule has 0 saturated carbocycles. The molecule has 0 aliphatic carbocycles. The van der Waals surface area contributed by atoms with Gasteiger partial charge in [0.15, 0.2) is 11.5 Å². The third kappa shape index (κ3) is 5.25. The molecule has 6 nitrogen and oxygen atoms in total. The number of esters is 2. The molecule has 1 aromatic carbocycles. The van der Waals surface area contributed by atoms with Crippen LogP contribution in [0.25, 0.3) is 0 Å². The molecule has 0 saturated heterocycles. The SMILES string of the molecule is CCCC(=O)Oc1ccc(C(=O)O)cc1OC(=O)CCC. The van der Waals surface area contributed by atoms with Crippen LogP contribution < -0.4 is 9.47 Å². The van der Waals surface area contributed by atoms with Crippen LogP contribution in [0.1, 0.15) is 49.9 Å². The van der Waals surface area contributed by atoms with E-state index in [0.717, 1.165) is 0 Å². The minimum atomic E-state index is -1.16. The van der Waals surface area contributed by atoms with Gasteiger partial charge in [-0.25, -0.2) is 4.79 Å². The van der Waals surface area contributed by atoms with E-state index in [1.54, 1.807) is 0 Å². The quantitative estimate of drug-likeness (QED) is 0.614. The van der Waals surface area contributed by atoms with Crippen molar-refractivity contribution in [3.05, 3.63) is 23.8 Å². The molecule has 0 heterocycles. The van der Waals surface area contributed by atoms with Crippen molar-refractivity contribution in [3.8, 4) is 11.5 Å². The molecule has 0 aromatic heterocycles. The highest BCUT2D eigenvalue weighted by atomic mass is 16.6. The van der Waals surface area contributed by atoms with E-state index in [1.807, 2.05) is 13.8 Å². The molecule has 0 bridgehead atoms. The lowest BCUT2D eigenvalue weighted by Gasteiger charge is -2.11. The van der Waals surface area contributed by atoms with E-state index in [-0.39, 0.29) is 29.9 Å².